The Labute approximate surface area is 144 Å². The first-order valence-corrected chi connectivity index (χ1v) is 8.93. The first-order valence-electron chi connectivity index (χ1n) is 8.05. The largest absolute Gasteiger partial charge is 0.336 e. The zero-order valence-corrected chi connectivity index (χ0v) is 14.3. The molecule has 24 heavy (non-hydrogen) atoms. The highest BCUT2D eigenvalue weighted by Gasteiger charge is 2.24. The fraction of sp³-hybridized carbons (Fsp3) is 0.353. The van der Waals surface area contributed by atoms with Crippen molar-refractivity contribution in [1.29, 1.82) is 0 Å². The van der Waals surface area contributed by atoms with Crippen molar-refractivity contribution in [2.45, 2.75) is 13.5 Å². The molecule has 0 spiro atoms. The summed E-state index contributed by atoms with van der Waals surface area (Å²) in [7, 11) is 0. The van der Waals surface area contributed by atoms with Gasteiger partial charge in [0, 0.05) is 43.5 Å². The van der Waals surface area contributed by atoms with E-state index < -0.39 is 0 Å². The van der Waals surface area contributed by atoms with Crippen LogP contribution in [0.15, 0.2) is 29.8 Å². The van der Waals surface area contributed by atoms with E-state index in [1.54, 1.807) is 17.5 Å². The van der Waals surface area contributed by atoms with Crippen molar-refractivity contribution in [2.75, 3.05) is 26.2 Å². The van der Waals surface area contributed by atoms with Crippen LogP contribution in [0.25, 0.3) is 10.9 Å². The molecule has 0 aliphatic carbocycles. The van der Waals surface area contributed by atoms with E-state index in [1.165, 1.54) is 0 Å². The lowest BCUT2D eigenvalue weighted by Gasteiger charge is -2.34. The third-order valence-electron chi connectivity index (χ3n) is 4.42. The fourth-order valence-corrected chi connectivity index (χ4v) is 3.74. The highest BCUT2D eigenvalue weighted by molar-refractivity contribution is 7.09. The summed E-state index contributed by atoms with van der Waals surface area (Å²) in [5.74, 6) is 0.0778. The SMILES string of the molecule is Cc1nc(CN2CCN(C(=O)c3cccc4cn[nH]c34)CC2)cs1. The normalized spacial score (nSPS) is 16.0. The minimum Gasteiger partial charge on any atom is -0.336 e. The average Bonchev–Trinajstić information content (AvgIpc) is 3.23. The summed E-state index contributed by atoms with van der Waals surface area (Å²) in [4.78, 5) is 21.6. The maximum atomic E-state index is 12.8. The van der Waals surface area contributed by atoms with Gasteiger partial charge in [0.15, 0.2) is 0 Å². The summed E-state index contributed by atoms with van der Waals surface area (Å²) in [5, 5.41) is 11.2. The smallest absolute Gasteiger partial charge is 0.256 e. The van der Waals surface area contributed by atoms with E-state index in [2.05, 4.69) is 25.5 Å². The fourth-order valence-electron chi connectivity index (χ4n) is 3.14. The Morgan fingerprint density at radius 2 is 2.12 bits per heavy atom. The zero-order chi connectivity index (χ0) is 16.5. The standard InChI is InChI=1S/C17H19N5OS/c1-12-19-14(11-24-12)10-21-5-7-22(8-6-21)17(23)15-4-2-3-13-9-18-20-16(13)15/h2-4,9,11H,5-8,10H2,1H3,(H,18,20). The number of aromatic amines is 1. The Morgan fingerprint density at radius 3 is 2.88 bits per heavy atom. The Kier molecular flexibility index (Phi) is 4.03. The first-order chi connectivity index (χ1) is 11.7. The van der Waals surface area contributed by atoms with Crippen LogP contribution >= 0.6 is 11.3 Å². The molecule has 1 aromatic carbocycles. The molecule has 2 aromatic heterocycles. The van der Waals surface area contributed by atoms with Crippen molar-refractivity contribution in [3.05, 3.63) is 46.0 Å². The van der Waals surface area contributed by atoms with E-state index in [0.717, 1.165) is 54.3 Å². The minimum atomic E-state index is 0.0778. The lowest BCUT2D eigenvalue weighted by atomic mass is 10.1. The van der Waals surface area contributed by atoms with Crippen LogP contribution in [-0.2, 0) is 6.54 Å². The highest BCUT2D eigenvalue weighted by atomic mass is 32.1. The monoisotopic (exact) mass is 341 g/mol. The van der Waals surface area contributed by atoms with Crippen molar-refractivity contribution in [2.24, 2.45) is 0 Å². The van der Waals surface area contributed by atoms with Crippen LogP contribution < -0.4 is 0 Å². The highest BCUT2D eigenvalue weighted by Crippen LogP contribution is 2.19. The third-order valence-corrected chi connectivity index (χ3v) is 5.24. The number of piperazine rings is 1. The number of para-hydroxylation sites is 1. The molecule has 7 heteroatoms. The molecule has 0 radical (unpaired) electrons. The van der Waals surface area contributed by atoms with Gasteiger partial charge < -0.3 is 4.90 Å². The van der Waals surface area contributed by atoms with E-state index in [0.29, 0.717) is 5.56 Å². The number of carbonyl (C=O) groups excluding carboxylic acids is 1. The molecule has 124 valence electrons. The van der Waals surface area contributed by atoms with Crippen molar-refractivity contribution >= 4 is 28.1 Å². The van der Waals surface area contributed by atoms with Crippen LogP contribution in [0.4, 0.5) is 0 Å². The number of carbonyl (C=O) groups is 1. The number of benzene rings is 1. The number of amides is 1. The predicted octanol–water partition coefficient (Wildman–Crippen LogP) is 2.29. The predicted molar refractivity (Wildman–Crippen MR) is 94.1 cm³/mol. The number of aromatic nitrogens is 3. The Bertz CT molecular complexity index is 863. The lowest BCUT2D eigenvalue weighted by Crippen LogP contribution is -2.48. The lowest BCUT2D eigenvalue weighted by molar-refractivity contribution is 0.0629. The van der Waals surface area contributed by atoms with Crippen molar-refractivity contribution < 1.29 is 4.79 Å². The van der Waals surface area contributed by atoms with E-state index in [4.69, 9.17) is 0 Å². The van der Waals surface area contributed by atoms with Crippen molar-refractivity contribution in [3.8, 4) is 0 Å². The number of hydrogen-bond acceptors (Lipinski definition) is 5. The molecule has 0 bridgehead atoms. The van der Waals surface area contributed by atoms with Gasteiger partial charge in [-0.2, -0.15) is 5.10 Å². The molecule has 6 nitrogen and oxygen atoms in total. The van der Waals surface area contributed by atoms with Crippen molar-refractivity contribution in [1.82, 2.24) is 25.0 Å². The van der Waals surface area contributed by atoms with Crippen LogP contribution in [0.1, 0.15) is 21.1 Å². The summed E-state index contributed by atoms with van der Waals surface area (Å²) in [6.45, 7) is 6.13. The molecule has 3 aromatic rings. The van der Waals surface area contributed by atoms with Gasteiger partial charge in [0.2, 0.25) is 0 Å². The topological polar surface area (TPSA) is 65.1 Å². The molecule has 1 fully saturated rings. The molecular weight excluding hydrogens is 322 g/mol. The second kappa shape index (κ2) is 6.33. The Hall–Kier alpha value is -2.25. The van der Waals surface area contributed by atoms with Crippen LogP contribution in [0, 0.1) is 6.92 Å². The number of nitrogens with one attached hydrogen (secondary N) is 1. The van der Waals surface area contributed by atoms with Gasteiger partial charge >= 0.3 is 0 Å². The summed E-state index contributed by atoms with van der Waals surface area (Å²) < 4.78 is 0. The van der Waals surface area contributed by atoms with Gasteiger partial charge in [-0.3, -0.25) is 14.8 Å². The summed E-state index contributed by atoms with van der Waals surface area (Å²) >= 11 is 1.69. The van der Waals surface area contributed by atoms with Crippen LogP contribution in [0.5, 0.6) is 0 Å². The number of aryl methyl sites for hydroxylation is 1. The number of hydrogen-bond donors (Lipinski definition) is 1. The van der Waals surface area contributed by atoms with Gasteiger partial charge in [0.1, 0.15) is 0 Å². The number of rotatable bonds is 3. The molecular formula is C17H19N5OS. The van der Waals surface area contributed by atoms with Gasteiger partial charge in [-0.15, -0.1) is 11.3 Å². The van der Waals surface area contributed by atoms with Gasteiger partial charge in [-0.25, -0.2) is 4.98 Å². The van der Waals surface area contributed by atoms with Crippen LogP contribution in [0.2, 0.25) is 0 Å². The molecule has 1 N–H and O–H groups in total. The Balaban J connectivity index is 1.42. The van der Waals surface area contributed by atoms with Gasteiger partial charge in [-0.1, -0.05) is 12.1 Å². The minimum absolute atomic E-state index is 0.0778. The number of nitrogens with zero attached hydrogens (tertiary/aromatic N) is 4. The Morgan fingerprint density at radius 1 is 1.29 bits per heavy atom. The third kappa shape index (κ3) is 2.92. The van der Waals surface area contributed by atoms with Gasteiger partial charge in [0.25, 0.3) is 5.91 Å². The van der Waals surface area contributed by atoms with Gasteiger partial charge in [0.05, 0.1) is 28.0 Å². The average molecular weight is 341 g/mol. The van der Waals surface area contributed by atoms with Crippen molar-refractivity contribution in [3.63, 3.8) is 0 Å². The van der Waals surface area contributed by atoms with Crippen LogP contribution in [0.3, 0.4) is 0 Å². The molecule has 0 saturated carbocycles. The van der Waals surface area contributed by atoms with E-state index >= 15 is 0 Å². The summed E-state index contributed by atoms with van der Waals surface area (Å²) in [6, 6.07) is 5.74. The molecule has 1 aliphatic heterocycles. The molecule has 0 atom stereocenters. The molecule has 1 saturated heterocycles. The molecule has 3 heterocycles. The number of thiazole rings is 1. The number of fused-ring (bicyclic) bond motifs is 1. The van der Waals surface area contributed by atoms with Gasteiger partial charge in [-0.05, 0) is 13.0 Å². The molecule has 0 unspecified atom stereocenters. The second-order valence-corrected chi connectivity index (χ2v) is 7.13. The first kappa shape index (κ1) is 15.3. The second-order valence-electron chi connectivity index (χ2n) is 6.07. The van der Waals surface area contributed by atoms with E-state index in [1.807, 2.05) is 30.0 Å². The molecule has 4 rings (SSSR count). The number of H-pyrrole nitrogens is 1. The molecule has 1 aliphatic rings. The van der Waals surface area contributed by atoms with Crippen LogP contribution in [-0.4, -0.2) is 57.1 Å². The summed E-state index contributed by atoms with van der Waals surface area (Å²) in [5.41, 5.74) is 2.65. The summed E-state index contributed by atoms with van der Waals surface area (Å²) in [6.07, 6.45) is 1.75. The quantitative estimate of drug-likeness (QED) is 0.794. The van der Waals surface area contributed by atoms with E-state index in [9.17, 15) is 4.79 Å². The van der Waals surface area contributed by atoms with E-state index in [-0.39, 0.29) is 5.91 Å². The maximum absolute atomic E-state index is 12.8. The molecule has 1 amide bonds. The maximum Gasteiger partial charge on any atom is 0.256 e. The zero-order valence-electron chi connectivity index (χ0n) is 13.5.